The molecule has 3 aromatic rings. The van der Waals surface area contributed by atoms with Gasteiger partial charge >= 0.3 is 0 Å². The largest absolute Gasteiger partial charge is 0.497 e. The van der Waals surface area contributed by atoms with Crippen LogP contribution < -0.4 is 10.1 Å². The molecule has 1 amide bonds. The van der Waals surface area contributed by atoms with Gasteiger partial charge in [0.1, 0.15) is 11.3 Å². The average molecular weight is 310 g/mol. The Morgan fingerprint density at radius 2 is 2.17 bits per heavy atom. The number of carbonyl (C=O) groups excluding carboxylic acids is 1. The van der Waals surface area contributed by atoms with Crippen LogP contribution >= 0.6 is 0 Å². The molecule has 0 bridgehead atoms. The Labute approximate surface area is 134 Å². The minimum absolute atomic E-state index is 0.154. The Morgan fingerprint density at radius 1 is 1.35 bits per heavy atom. The number of amides is 1. The highest BCUT2D eigenvalue weighted by atomic mass is 16.5. The maximum absolute atomic E-state index is 12.5. The van der Waals surface area contributed by atoms with E-state index in [1.807, 2.05) is 44.2 Å². The van der Waals surface area contributed by atoms with Gasteiger partial charge in [-0.3, -0.25) is 9.78 Å². The van der Waals surface area contributed by atoms with Crippen molar-refractivity contribution in [3.8, 4) is 5.75 Å². The quantitative estimate of drug-likeness (QED) is 0.799. The number of aryl methyl sites for hydroxylation is 1. The Hall–Kier alpha value is -2.82. The van der Waals surface area contributed by atoms with E-state index in [1.54, 1.807) is 19.5 Å². The van der Waals surface area contributed by atoms with E-state index in [2.05, 4.69) is 10.3 Å². The predicted molar refractivity (Wildman–Crippen MR) is 87.6 cm³/mol. The van der Waals surface area contributed by atoms with E-state index in [1.165, 1.54) is 0 Å². The van der Waals surface area contributed by atoms with Crippen molar-refractivity contribution in [1.82, 2.24) is 10.3 Å². The minimum Gasteiger partial charge on any atom is -0.497 e. The number of hydrogen-bond acceptors (Lipinski definition) is 4. The van der Waals surface area contributed by atoms with E-state index in [-0.39, 0.29) is 11.9 Å². The molecular formula is C18H18N2O3. The lowest BCUT2D eigenvalue weighted by atomic mass is 10.1. The van der Waals surface area contributed by atoms with Crippen molar-refractivity contribution in [3.63, 3.8) is 0 Å². The summed E-state index contributed by atoms with van der Waals surface area (Å²) in [6.07, 6.45) is 3.44. The van der Waals surface area contributed by atoms with Crippen LogP contribution in [-0.4, -0.2) is 18.0 Å². The first kappa shape index (κ1) is 15.1. The molecular weight excluding hydrogens is 292 g/mol. The van der Waals surface area contributed by atoms with Gasteiger partial charge < -0.3 is 14.5 Å². The summed E-state index contributed by atoms with van der Waals surface area (Å²) in [5.41, 5.74) is 2.41. The standard InChI is InChI=1S/C18H18N2O3/c1-11-15-9-14(22-3)6-7-16(15)23-17(11)18(21)20-12(2)13-5-4-8-19-10-13/h4-10,12H,1-3H3,(H,20,21). The van der Waals surface area contributed by atoms with Crippen LogP contribution in [0, 0.1) is 6.92 Å². The topological polar surface area (TPSA) is 64.4 Å². The zero-order chi connectivity index (χ0) is 16.4. The highest BCUT2D eigenvalue weighted by Gasteiger charge is 2.20. The summed E-state index contributed by atoms with van der Waals surface area (Å²) < 4.78 is 10.9. The maximum atomic E-state index is 12.5. The summed E-state index contributed by atoms with van der Waals surface area (Å²) in [6, 6.07) is 9.10. The summed E-state index contributed by atoms with van der Waals surface area (Å²) in [4.78, 5) is 16.6. The van der Waals surface area contributed by atoms with Crippen molar-refractivity contribution in [2.75, 3.05) is 7.11 Å². The summed E-state index contributed by atoms with van der Waals surface area (Å²) in [7, 11) is 1.61. The van der Waals surface area contributed by atoms with Crippen LogP contribution in [0.15, 0.2) is 47.1 Å². The molecule has 0 aliphatic heterocycles. The Balaban J connectivity index is 1.88. The van der Waals surface area contributed by atoms with Crippen molar-refractivity contribution in [2.45, 2.75) is 19.9 Å². The van der Waals surface area contributed by atoms with Crippen LogP contribution in [0.1, 0.15) is 34.6 Å². The first-order valence-corrected chi connectivity index (χ1v) is 7.38. The third-order valence-corrected chi connectivity index (χ3v) is 3.88. The second kappa shape index (κ2) is 6.12. The summed E-state index contributed by atoms with van der Waals surface area (Å²) in [5.74, 6) is 0.815. The fraction of sp³-hybridized carbons (Fsp3) is 0.222. The normalized spacial score (nSPS) is 12.1. The molecule has 0 radical (unpaired) electrons. The highest BCUT2D eigenvalue weighted by Crippen LogP contribution is 2.29. The Bertz CT molecular complexity index is 840. The van der Waals surface area contributed by atoms with E-state index in [0.717, 1.165) is 22.3 Å². The fourth-order valence-corrected chi connectivity index (χ4v) is 2.52. The third-order valence-electron chi connectivity index (χ3n) is 3.88. The number of methoxy groups -OCH3 is 1. The number of pyridine rings is 1. The number of nitrogens with zero attached hydrogens (tertiary/aromatic N) is 1. The van der Waals surface area contributed by atoms with E-state index in [4.69, 9.17) is 9.15 Å². The van der Waals surface area contributed by atoms with E-state index in [0.29, 0.717) is 11.3 Å². The van der Waals surface area contributed by atoms with Gasteiger partial charge in [0.05, 0.1) is 13.2 Å². The van der Waals surface area contributed by atoms with Crippen LogP contribution in [0.3, 0.4) is 0 Å². The average Bonchev–Trinajstić information content (AvgIpc) is 2.92. The number of rotatable bonds is 4. The molecule has 1 aromatic carbocycles. The molecule has 0 saturated heterocycles. The molecule has 118 valence electrons. The number of carbonyl (C=O) groups is 1. The molecule has 23 heavy (non-hydrogen) atoms. The lowest BCUT2D eigenvalue weighted by Crippen LogP contribution is -2.26. The Kier molecular flexibility index (Phi) is 4.02. The number of nitrogens with one attached hydrogen (secondary N) is 1. The van der Waals surface area contributed by atoms with Gasteiger partial charge in [0.15, 0.2) is 5.76 Å². The smallest absolute Gasteiger partial charge is 0.287 e. The van der Waals surface area contributed by atoms with E-state index in [9.17, 15) is 4.79 Å². The first-order valence-electron chi connectivity index (χ1n) is 7.38. The van der Waals surface area contributed by atoms with Gasteiger partial charge in [0.2, 0.25) is 0 Å². The number of benzene rings is 1. The van der Waals surface area contributed by atoms with Gasteiger partial charge in [0.25, 0.3) is 5.91 Å². The lowest BCUT2D eigenvalue weighted by Gasteiger charge is -2.12. The second-order valence-electron chi connectivity index (χ2n) is 5.40. The lowest BCUT2D eigenvalue weighted by molar-refractivity contribution is 0.0913. The maximum Gasteiger partial charge on any atom is 0.287 e. The number of aromatic nitrogens is 1. The molecule has 3 rings (SSSR count). The van der Waals surface area contributed by atoms with Gasteiger partial charge in [-0.1, -0.05) is 6.07 Å². The zero-order valence-corrected chi connectivity index (χ0v) is 13.3. The monoisotopic (exact) mass is 310 g/mol. The van der Waals surface area contributed by atoms with Crippen molar-refractivity contribution in [3.05, 3.63) is 59.6 Å². The summed E-state index contributed by atoms with van der Waals surface area (Å²) in [5, 5.41) is 3.82. The van der Waals surface area contributed by atoms with Crippen molar-refractivity contribution in [2.24, 2.45) is 0 Å². The molecule has 1 N–H and O–H groups in total. The minimum atomic E-state index is -0.242. The Morgan fingerprint density at radius 3 is 2.87 bits per heavy atom. The van der Waals surface area contributed by atoms with Gasteiger partial charge in [-0.05, 0) is 43.7 Å². The molecule has 1 atom stereocenters. The van der Waals surface area contributed by atoms with Gasteiger partial charge in [-0.25, -0.2) is 0 Å². The van der Waals surface area contributed by atoms with Crippen molar-refractivity contribution < 1.29 is 13.9 Å². The second-order valence-corrected chi connectivity index (χ2v) is 5.40. The summed E-state index contributed by atoms with van der Waals surface area (Å²) >= 11 is 0. The zero-order valence-electron chi connectivity index (χ0n) is 13.3. The molecule has 2 heterocycles. The van der Waals surface area contributed by atoms with Crippen LogP contribution in [0.5, 0.6) is 5.75 Å². The van der Waals surface area contributed by atoms with Gasteiger partial charge in [-0.2, -0.15) is 0 Å². The van der Waals surface area contributed by atoms with Crippen LogP contribution in [0.4, 0.5) is 0 Å². The number of furan rings is 1. The molecule has 2 aromatic heterocycles. The number of ether oxygens (including phenoxy) is 1. The molecule has 1 unspecified atom stereocenters. The fourth-order valence-electron chi connectivity index (χ4n) is 2.52. The highest BCUT2D eigenvalue weighted by molar-refractivity contribution is 5.99. The molecule has 0 fully saturated rings. The molecule has 5 heteroatoms. The number of hydrogen-bond donors (Lipinski definition) is 1. The first-order chi connectivity index (χ1) is 11.1. The van der Waals surface area contributed by atoms with Crippen LogP contribution in [0.25, 0.3) is 11.0 Å². The number of fused-ring (bicyclic) bond motifs is 1. The van der Waals surface area contributed by atoms with Crippen LogP contribution in [0.2, 0.25) is 0 Å². The third kappa shape index (κ3) is 2.90. The van der Waals surface area contributed by atoms with Crippen molar-refractivity contribution >= 4 is 16.9 Å². The van der Waals surface area contributed by atoms with Crippen LogP contribution in [-0.2, 0) is 0 Å². The molecule has 0 spiro atoms. The molecule has 0 aliphatic carbocycles. The predicted octanol–water partition coefficient (Wildman–Crippen LogP) is 3.64. The van der Waals surface area contributed by atoms with Gasteiger partial charge in [-0.15, -0.1) is 0 Å². The molecule has 0 saturated carbocycles. The molecule has 0 aliphatic rings. The SMILES string of the molecule is COc1ccc2oc(C(=O)NC(C)c3cccnc3)c(C)c2c1. The van der Waals surface area contributed by atoms with E-state index >= 15 is 0 Å². The molecule has 5 nitrogen and oxygen atoms in total. The van der Waals surface area contributed by atoms with Crippen molar-refractivity contribution in [1.29, 1.82) is 0 Å². The van der Waals surface area contributed by atoms with E-state index < -0.39 is 0 Å². The summed E-state index contributed by atoms with van der Waals surface area (Å²) in [6.45, 7) is 3.78. The van der Waals surface area contributed by atoms with Gasteiger partial charge in [0, 0.05) is 23.3 Å².